The van der Waals surface area contributed by atoms with Crippen molar-refractivity contribution in [3.63, 3.8) is 0 Å². The number of rotatable bonds is 9. The largest absolute Gasteiger partial charge is 0.357 e. The molecule has 1 fully saturated rings. The zero-order chi connectivity index (χ0) is 20.3. The van der Waals surface area contributed by atoms with Gasteiger partial charge in [-0.25, -0.2) is 4.98 Å². The quantitative estimate of drug-likeness (QED) is 0.388. The van der Waals surface area contributed by atoms with E-state index in [9.17, 15) is 0 Å². The molecular formula is C23H36N6. The number of imidazole rings is 1. The van der Waals surface area contributed by atoms with Gasteiger partial charge in [0.1, 0.15) is 5.82 Å². The van der Waals surface area contributed by atoms with E-state index < -0.39 is 0 Å². The number of aliphatic imine (C=N–C) groups is 1. The third kappa shape index (κ3) is 7.20. The van der Waals surface area contributed by atoms with Gasteiger partial charge < -0.3 is 15.2 Å². The second-order valence-electron chi connectivity index (χ2n) is 7.84. The van der Waals surface area contributed by atoms with Crippen LogP contribution in [0.3, 0.4) is 0 Å². The van der Waals surface area contributed by atoms with Crippen LogP contribution in [0.2, 0.25) is 0 Å². The van der Waals surface area contributed by atoms with Gasteiger partial charge in [-0.3, -0.25) is 9.89 Å². The molecule has 0 amide bonds. The summed E-state index contributed by atoms with van der Waals surface area (Å²) in [7, 11) is 0. The van der Waals surface area contributed by atoms with E-state index in [-0.39, 0.29) is 0 Å². The van der Waals surface area contributed by atoms with Crippen LogP contribution in [0, 0.1) is 6.92 Å². The minimum atomic E-state index is 0.457. The van der Waals surface area contributed by atoms with Gasteiger partial charge in [0.15, 0.2) is 5.96 Å². The number of guanidine groups is 1. The lowest BCUT2D eigenvalue weighted by Gasteiger charge is -2.34. The summed E-state index contributed by atoms with van der Waals surface area (Å²) in [6.45, 7) is 10.2. The Labute approximate surface area is 175 Å². The van der Waals surface area contributed by atoms with Gasteiger partial charge in [0.25, 0.3) is 0 Å². The van der Waals surface area contributed by atoms with Crippen molar-refractivity contribution in [1.29, 1.82) is 0 Å². The number of aryl methyl sites for hydroxylation is 2. The summed E-state index contributed by atoms with van der Waals surface area (Å²) >= 11 is 0. The Morgan fingerprint density at radius 3 is 2.86 bits per heavy atom. The van der Waals surface area contributed by atoms with Crippen molar-refractivity contribution in [3.8, 4) is 0 Å². The molecule has 0 radical (unpaired) electrons. The van der Waals surface area contributed by atoms with E-state index in [1.165, 1.54) is 24.9 Å². The van der Waals surface area contributed by atoms with E-state index in [0.717, 1.165) is 57.3 Å². The number of hydrogen-bond donors (Lipinski definition) is 2. The lowest BCUT2D eigenvalue weighted by molar-refractivity contribution is 0.192. The Hall–Kier alpha value is -2.34. The average Bonchev–Trinajstić information content (AvgIpc) is 3.14. The smallest absolute Gasteiger partial charge is 0.191 e. The van der Waals surface area contributed by atoms with E-state index in [1.54, 1.807) is 0 Å². The van der Waals surface area contributed by atoms with Crippen molar-refractivity contribution in [2.75, 3.05) is 26.2 Å². The predicted molar refractivity (Wildman–Crippen MR) is 120 cm³/mol. The van der Waals surface area contributed by atoms with E-state index in [0.29, 0.717) is 6.04 Å². The molecule has 0 bridgehead atoms. The highest BCUT2D eigenvalue weighted by molar-refractivity contribution is 5.80. The number of hydrogen-bond acceptors (Lipinski definition) is 3. The van der Waals surface area contributed by atoms with Gasteiger partial charge >= 0.3 is 0 Å². The molecule has 1 saturated heterocycles. The average molecular weight is 397 g/mol. The number of unbranched alkanes of at least 4 members (excludes halogenated alkanes) is 1. The van der Waals surface area contributed by atoms with Crippen LogP contribution in [0.5, 0.6) is 0 Å². The van der Waals surface area contributed by atoms with Crippen LogP contribution >= 0.6 is 0 Å². The zero-order valence-corrected chi connectivity index (χ0v) is 18.0. The molecule has 0 saturated carbocycles. The van der Waals surface area contributed by atoms with Crippen LogP contribution in [0.1, 0.15) is 44.0 Å². The van der Waals surface area contributed by atoms with Gasteiger partial charge in [0.2, 0.25) is 0 Å². The standard InChI is InChI=1S/C23H36N6/c1-3-24-23(26-13-7-8-16-29-17-14-25-20(29)2)27-22-12-9-15-28(19-22)18-21-10-5-4-6-11-21/h4-6,10-11,14,17,22H,3,7-9,12-13,15-16,18-19H2,1-2H3,(H2,24,26,27). The summed E-state index contributed by atoms with van der Waals surface area (Å²) in [4.78, 5) is 11.6. The molecule has 6 heteroatoms. The molecule has 29 heavy (non-hydrogen) atoms. The summed E-state index contributed by atoms with van der Waals surface area (Å²) < 4.78 is 2.20. The first-order valence-electron chi connectivity index (χ1n) is 11.0. The molecule has 1 atom stereocenters. The molecule has 1 aromatic carbocycles. The second kappa shape index (κ2) is 11.6. The Balaban J connectivity index is 1.43. The number of nitrogens with one attached hydrogen (secondary N) is 2. The van der Waals surface area contributed by atoms with Crippen LogP contribution in [-0.4, -0.2) is 52.6 Å². The molecule has 158 valence electrons. The number of piperidine rings is 1. The topological polar surface area (TPSA) is 57.5 Å². The van der Waals surface area contributed by atoms with Gasteiger partial charge in [0.05, 0.1) is 0 Å². The first-order chi connectivity index (χ1) is 14.2. The SMILES string of the molecule is CCNC(=NCCCCn1ccnc1C)NC1CCCN(Cc2ccccc2)C1. The van der Waals surface area contributed by atoms with Gasteiger partial charge in [-0.2, -0.15) is 0 Å². The minimum absolute atomic E-state index is 0.457. The fourth-order valence-electron chi connectivity index (χ4n) is 3.90. The number of nitrogens with zero attached hydrogens (tertiary/aromatic N) is 4. The second-order valence-corrected chi connectivity index (χ2v) is 7.84. The van der Waals surface area contributed by atoms with Crippen LogP contribution in [0.25, 0.3) is 0 Å². The lowest BCUT2D eigenvalue weighted by atomic mass is 10.0. The molecule has 2 heterocycles. The van der Waals surface area contributed by atoms with Crippen molar-refractivity contribution < 1.29 is 0 Å². The number of aromatic nitrogens is 2. The molecule has 0 spiro atoms. The van der Waals surface area contributed by atoms with Gasteiger partial charge in [-0.1, -0.05) is 30.3 Å². The normalized spacial score (nSPS) is 18.0. The van der Waals surface area contributed by atoms with Crippen LogP contribution < -0.4 is 10.6 Å². The summed E-state index contributed by atoms with van der Waals surface area (Å²) in [5.41, 5.74) is 1.39. The van der Waals surface area contributed by atoms with Crippen molar-refractivity contribution in [2.45, 2.75) is 58.7 Å². The minimum Gasteiger partial charge on any atom is -0.357 e. The van der Waals surface area contributed by atoms with Gasteiger partial charge in [-0.05, 0) is 51.6 Å². The van der Waals surface area contributed by atoms with Crippen LogP contribution in [0.4, 0.5) is 0 Å². The van der Waals surface area contributed by atoms with E-state index in [1.807, 2.05) is 6.20 Å². The molecule has 1 unspecified atom stereocenters. The Morgan fingerprint density at radius 2 is 2.10 bits per heavy atom. The third-order valence-electron chi connectivity index (χ3n) is 5.44. The molecule has 3 rings (SSSR count). The fraction of sp³-hybridized carbons (Fsp3) is 0.565. The van der Waals surface area contributed by atoms with Crippen molar-refractivity contribution >= 4 is 5.96 Å². The maximum atomic E-state index is 4.81. The molecule has 1 aromatic heterocycles. The molecule has 0 aliphatic carbocycles. The maximum Gasteiger partial charge on any atom is 0.191 e. The molecule has 1 aliphatic rings. The van der Waals surface area contributed by atoms with Crippen molar-refractivity contribution in [1.82, 2.24) is 25.1 Å². The number of likely N-dealkylation sites (tertiary alicyclic amines) is 1. The van der Waals surface area contributed by atoms with Gasteiger partial charge in [0, 0.05) is 51.2 Å². The first-order valence-corrected chi connectivity index (χ1v) is 11.0. The van der Waals surface area contributed by atoms with Gasteiger partial charge in [-0.15, -0.1) is 0 Å². The Bertz CT molecular complexity index is 739. The maximum absolute atomic E-state index is 4.81. The highest BCUT2D eigenvalue weighted by atomic mass is 15.2. The van der Waals surface area contributed by atoms with Crippen molar-refractivity contribution in [2.24, 2.45) is 4.99 Å². The van der Waals surface area contributed by atoms with E-state index >= 15 is 0 Å². The summed E-state index contributed by atoms with van der Waals surface area (Å²) in [6, 6.07) is 11.2. The van der Waals surface area contributed by atoms with Crippen LogP contribution in [0.15, 0.2) is 47.7 Å². The van der Waals surface area contributed by atoms with E-state index in [4.69, 9.17) is 4.99 Å². The number of benzene rings is 1. The highest BCUT2D eigenvalue weighted by Crippen LogP contribution is 2.13. The first kappa shape index (κ1) is 21.4. The Morgan fingerprint density at radius 1 is 1.24 bits per heavy atom. The predicted octanol–water partition coefficient (Wildman–Crippen LogP) is 3.19. The summed E-state index contributed by atoms with van der Waals surface area (Å²) in [5.74, 6) is 2.04. The fourth-order valence-corrected chi connectivity index (χ4v) is 3.90. The zero-order valence-electron chi connectivity index (χ0n) is 18.0. The summed E-state index contributed by atoms with van der Waals surface area (Å²) in [6.07, 6.45) is 8.55. The molecular weight excluding hydrogens is 360 g/mol. The molecule has 2 aromatic rings. The highest BCUT2D eigenvalue weighted by Gasteiger charge is 2.20. The third-order valence-corrected chi connectivity index (χ3v) is 5.44. The summed E-state index contributed by atoms with van der Waals surface area (Å²) in [5, 5.41) is 7.08. The molecule has 6 nitrogen and oxygen atoms in total. The molecule has 2 N–H and O–H groups in total. The van der Waals surface area contributed by atoms with Crippen LogP contribution in [-0.2, 0) is 13.1 Å². The van der Waals surface area contributed by atoms with Crippen molar-refractivity contribution in [3.05, 3.63) is 54.1 Å². The van der Waals surface area contributed by atoms with E-state index in [2.05, 4.69) is 75.5 Å². The lowest BCUT2D eigenvalue weighted by Crippen LogP contribution is -2.51. The monoisotopic (exact) mass is 396 g/mol. The Kier molecular flexibility index (Phi) is 8.56. The molecule has 1 aliphatic heterocycles.